The van der Waals surface area contributed by atoms with Crippen LogP contribution in [0.5, 0.6) is 0 Å². The van der Waals surface area contributed by atoms with Crippen LogP contribution >= 0.6 is 11.8 Å². The van der Waals surface area contributed by atoms with Crippen LogP contribution in [0.2, 0.25) is 0 Å². The van der Waals surface area contributed by atoms with Crippen molar-refractivity contribution in [3.63, 3.8) is 0 Å². The molecule has 8 heteroatoms. The quantitative estimate of drug-likeness (QED) is 0.0787. The Hall–Kier alpha value is -7.68. The van der Waals surface area contributed by atoms with Crippen molar-refractivity contribution < 1.29 is 23.9 Å². The molecular formula is C58H48N2O5S. The van der Waals surface area contributed by atoms with Gasteiger partial charge in [-0.3, -0.25) is 4.79 Å². The molecule has 0 heterocycles. The zero-order chi connectivity index (χ0) is 45.4. The Morgan fingerprint density at radius 3 is 1.35 bits per heavy atom. The van der Waals surface area contributed by atoms with E-state index in [-0.39, 0.29) is 24.2 Å². The molecule has 1 atom stereocenters. The lowest BCUT2D eigenvalue weighted by molar-refractivity contribution is -0.155. The lowest BCUT2D eigenvalue weighted by atomic mass is 9.79. The fraction of sp³-hybridized carbons (Fsp3) is 0.121. The van der Waals surface area contributed by atoms with Gasteiger partial charge in [-0.1, -0.05) is 212 Å². The molecule has 8 aromatic carbocycles. The maximum atomic E-state index is 15.6. The largest absolute Gasteiger partial charge is 0.449 e. The summed E-state index contributed by atoms with van der Waals surface area (Å²) in [5.41, 5.74) is 8.29. The van der Waals surface area contributed by atoms with Crippen LogP contribution in [0.1, 0.15) is 60.8 Å². The number of ether oxygens (including phenoxy) is 2. The fourth-order valence-electron chi connectivity index (χ4n) is 9.17. The Balaban J connectivity index is 1.13. The second kappa shape index (κ2) is 19.6. The van der Waals surface area contributed by atoms with Crippen molar-refractivity contribution in [2.45, 2.75) is 22.3 Å². The Kier molecular flexibility index (Phi) is 12.9. The van der Waals surface area contributed by atoms with Gasteiger partial charge in [0, 0.05) is 41.0 Å². The number of esters is 1. The maximum Gasteiger partial charge on any atom is 0.407 e. The van der Waals surface area contributed by atoms with E-state index in [1.807, 2.05) is 152 Å². The van der Waals surface area contributed by atoms with E-state index in [0.29, 0.717) is 22.3 Å². The highest BCUT2D eigenvalue weighted by Crippen LogP contribution is 2.49. The van der Waals surface area contributed by atoms with E-state index in [1.165, 1.54) is 11.8 Å². The molecule has 0 saturated carbocycles. The summed E-state index contributed by atoms with van der Waals surface area (Å²) >= 11 is 1.54. The highest BCUT2D eigenvalue weighted by Gasteiger charge is 2.44. The summed E-state index contributed by atoms with van der Waals surface area (Å²) in [4.78, 5) is 42.7. The number of rotatable bonds is 15. The van der Waals surface area contributed by atoms with Crippen LogP contribution in [-0.2, 0) is 24.6 Å². The van der Waals surface area contributed by atoms with Crippen molar-refractivity contribution in [3.8, 4) is 11.1 Å². The van der Waals surface area contributed by atoms with Gasteiger partial charge in [-0.25, -0.2) is 9.59 Å². The highest BCUT2D eigenvalue weighted by atomic mass is 32.2. The average molecular weight is 885 g/mol. The minimum absolute atomic E-state index is 0.0619. The van der Waals surface area contributed by atoms with Crippen molar-refractivity contribution in [2.75, 3.05) is 19.4 Å². The molecule has 0 aliphatic heterocycles. The van der Waals surface area contributed by atoms with Gasteiger partial charge < -0.3 is 20.1 Å². The molecule has 1 aliphatic carbocycles. The Morgan fingerprint density at radius 1 is 0.515 bits per heavy atom. The van der Waals surface area contributed by atoms with Crippen LogP contribution in [0.3, 0.4) is 0 Å². The van der Waals surface area contributed by atoms with Crippen molar-refractivity contribution in [1.82, 2.24) is 10.6 Å². The van der Waals surface area contributed by atoms with Crippen molar-refractivity contribution in [3.05, 3.63) is 275 Å². The molecule has 7 nitrogen and oxygen atoms in total. The average Bonchev–Trinajstić information content (AvgIpc) is 3.71. The first kappa shape index (κ1) is 43.6. The van der Waals surface area contributed by atoms with Crippen LogP contribution < -0.4 is 10.6 Å². The number of carbonyl (C=O) groups is 3. The molecule has 0 unspecified atom stereocenters. The van der Waals surface area contributed by atoms with Gasteiger partial charge in [-0.2, -0.15) is 0 Å². The molecular weight excluding hydrogens is 837 g/mol. The topological polar surface area (TPSA) is 93.7 Å². The molecule has 0 bridgehead atoms. The smallest absolute Gasteiger partial charge is 0.407 e. The monoisotopic (exact) mass is 884 g/mol. The number of amides is 2. The zero-order valence-corrected chi connectivity index (χ0v) is 37.2. The number of alkyl carbamates (subject to hydrolysis) is 1. The van der Waals surface area contributed by atoms with Crippen LogP contribution in [0.15, 0.2) is 224 Å². The molecule has 0 aromatic heterocycles. The lowest BCUT2D eigenvalue weighted by Gasteiger charge is -2.38. The second-order valence-electron chi connectivity index (χ2n) is 16.1. The van der Waals surface area contributed by atoms with Crippen molar-refractivity contribution in [2.24, 2.45) is 0 Å². The van der Waals surface area contributed by atoms with Crippen LogP contribution in [0.25, 0.3) is 11.1 Å². The molecule has 0 radical (unpaired) electrons. The summed E-state index contributed by atoms with van der Waals surface area (Å²) in [6.07, 6.45) is -0.746. The fourth-order valence-corrected chi connectivity index (χ4v) is 10.7. The molecule has 326 valence electrons. The molecule has 1 aliphatic rings. The van der Waals surface area contributed by atoms with Gasteiger partial charge in [0.2, 0.25) is 0 Å². The number of benzene rings is 8. The minimum Gasteiger partial charge on any atom is -0.449 e. The van der Waals surface area contributed by atoms with Gasteiger partial charge in [0.15, 0.2) is 5.60 Å². The van der Waals surface area contributed by atoms with E-state index in [2.05, 4.69) is 71.3 Å². The summed E-state index contributed by atoms with van der Waals surface area (Å²) < 4.78 is 12.3. The number of carbonyl (C=O) groups excluding carboxylic acids is 3. The summed E-state index contributed by atoms with van der Waals surface area (Å²) in [6.45, 7) is 0.0619. The van der Waals surface area contributed by atoms with Crippen molar-refractivity contribution in [1.29, 1.82) is 0 Å². The highest BCUT2D eigenvalue weighted by molar-refractivity contribution is 8.00. The van der Waals surface area contributed by atoms with E-state index < -0.39 is 28.5 Å². The number of nitrogens with one attached hydrogen (secondary N) is 2. The Labute approximate surface area is 389 Å². The molecule has 0 fully saturated rings. The SMILES string of the molecule is CNC(=O)c1ccc(C(OC(=O)[C@@H](CSC(c2ccccc2)(c2ccccc2)c2ccccc2)NC(=O)OCC2c3ccccc3-c3ccccc32)(c2ccccc2)c2ccccc2)cc1. The summed E-state index contributed by atoms with van der Waals surface area (Å²) in [5, 5.41) is 5.70. The normalized spacial score (nSPS) is 12.6. The summed E-state index contributed by atoms with van der Waals surface area (Å²) in [5.74, 6) is -1.03. The minimum atomic E-state index is -1.51. The van der Waals surface area contributed by atoms with Gasteiger partial charge in [0.25, 0.3) is 5.91 Å². The predicted molar refractivity (Wildman–Crippen MR) is 262 cm³/mol. The van der Waals surface area contributed by atoms with E-state index in [9.17, 15) is 9.59 Å². The van der Waals surface area contributed by atoms with Gasteiger partial charge in [0.1, 0.15) is 12.6 Å². The van der Waals surface area contributed by atoms with E-state index in [0.717, 1.165) is 38.9 Å². The third-order valence-electron chi connectivity index (χ3n) is 12.3. The van der Waals surface area contributed by atoms with Gasteiger partial charge in [-0.15, -0.1) is 11.8 Å². The van der Waals surface area contributed by atoms with Crippen LogP contribution in [-0.4, -0.2) is 43.4 Å². The standard InChI is InChI=1S/C58H48N2O5S/c1-59-54(61)41-35-37-44(38-36-41)57(42-21-7-2-8-22-42,43-23-9-3-10-24-43)65-55(62)53(60-56(63)64-39-52-50-33-19-17-31-48(50)49-32-18-20-34-51(49)52)40-66-58(45-25-11-4-12-26-45,46-27-13-5-14-28-46)47-29-15-6-16-30-47/h2-38,52-53H,39-40H2,1H3,(H,59,61)(H,60,63)/t53-/m1/s1. The third kappa shape index (κ3) is 8.51. The molecule has 66 heavy (non-hydrogen) atoms. The first-order valence-corrected chi connectivity index (χ1v) is 23.0. The van der Waals surface area contributed by atoms with Crippen molar-refractivity contribution >= 4 is 29.7 Å². The second-order valence-corrected chi connectivity index (χ2v) is 17.3. The van der Waals surface area contributed by atoms with E-state index >= 15 is 4.79 Å². The van der Waals surface area contributed by atoms with Gasteiger partial charge >= 0.3 is 12.1 Å². The molecule has 9 rings (SSSR count). The maximum absolute atomic E-state index is 15.6. The molecule has 2 N–H and O–H groups in total. The Morgan fingerprint density at radius 2 is 0.909 bits per heavy atom. The lowest BCUT2D eigenvalue weighted by Crippen LogP contribution is -2.48. The van der Waals surface area contributed by atoms with E-state index in [1.54, 1.807) is 19.2 Å². The zero-order valence-electron chi connectivity index (χ0n) is 36.4. The third-order valence-corrected chi connectivity index (χ3v) is 14.0. The number of thioether (sulfide) groups is 1. The predicted octanol–water partition coefficient (Wildman–Crippen LogP) is 11.5. The molecule has 8 aromatic rings. The first-order chi connectivity index (χ1) is 32.4. The number of hydrogen-bond acceptors (Lipinski definition) is 6. The first-order valence-electron chi connectivity index (χ1n) is 22.0. The van der Waals surface area contributed by atoms with Gasteiger partial charge in [-0.05, 0) is 51.1 Å². The van der Waals surface area contributed by atoms with Crippen LogP contribution in [0, 0.1) is 0 Å². The number of hydrogen-bond donors (Lipinski definition) is 2. The van der Waals surface area contributed by atoms with Gasteiger partial charge in [0.05, 0.1) is 4.75 Å². The molecule has 2 amide bonds. The molecule has 0 spiro atoms. The summed E-state index contributed by atoms with van der Waals surface area (Å²) in [6, 6.07) is 71.9. The summed E-state index contributed by atoms with van der Waals surface area (Å²) in [7, 11) is 1.58. The number of fused-ring (bicyclic) bond motifs is 3. The Bertz CT molecular complexity index is 2730. The van der Waals surface area contributed by atoms with Crippen LogP contribution in [0.4, 0.5) is 4.79 Å². The van der Waals surface area contributed by atoms with E-state index in [4.69, 9.17) is 9.47 Å². The molecule has 0 saturated heterocycles.